The van der Waals surface area contributed by atoms with E-state index in [1.165, 1.54) is 11.3 Å². The van der Waals surface area contributed by atoms with Crippen molar-refractivity contribution < 1.29 is 23.1 Å². The Morgan fingerprint density at radius 2 is 2.14 bits per heavy atom. The van der Waals surface area contributed by atoms with Gasteiger partial charge in [0.2, 0.25) is 0 Å². The second kappa shape index (κ2) is 4.55. The molecule has 3 rings (SSSR count). The van der Waals surface area contributed by atoms with Gasteiger partial charge in [0.05, 0.1) is 16.8 Å². The van der Waals surface area contributed by atoms with Crippen LogP contribution < -0.4 is 0 Å². The highest BCUT2D eigenvalue weighted by molar-refractivity contribution is 7.13. The number of aromatic nitrogens is 3. The van der Waals surface area contributed by atoms with E-state index < -0.39 is 17.8 Å². The minimum Gasteiger partial charge on any atom is -0.477 e. The zero-order chi connectivity index (χ0) is 15.2. The average molecular weight is 313 g/mol. The number of nitrogens with zero attached hydrogens (tertiary/aromatic N) is 3. The molecule has 0 fully saturated rings. The van der Waals surface area contributed by atoms with Crippen LogP contribution in [0.5, 0.6) is 0 Å². The average Bonchev–Trinajstić information content (AvgIpc) is 3.05. The minimum absolute atomic E-state index is 0.0628. The van der Waals surface area contributed by atoms with Gasteiger partial charge in [-0.25, -0.2) is 14.3 Å². The van der Waals surface area contributed by atoms with Crippen molar-refractivity contribution in [1.29, 1.82) is 0 Å². The van der Waals surface area contributed by atoms with Gasteiger partial charge < -0.3 is 5.11 Å². The Bertz CT molecular complexity index is 824. The largest absolute Gasteiger partial charge is 0.477 e. The van der Waals surface area contributed by atoms with Crippen molar-refractivity contribution in [3.05, 3.63) is 41.0 Å². The third kappa shape index (κ3) is 2.25. The molecule has 9 heteroatoms. The van der Waals surface area contributed by atoms with Gasteiger partial charge in [-0.15, -0.1) is 11.3 Å². The van der Waals surface area contributed by atoms with Crippen LogP contribution in [0.2, 0.25) is 0 Å². The number of halogens is 3. The number of carboxylic acid groups (broad SMARTS) is 1. The molecule has 0 radical (unpaired) electrons. The third-order valence-electron chi connectivity index (χ3n) is 2.77. The zero-order valence-electron chi connectivity index (χ0n) is 10.1. The SMILES string of the molecule is O=C(O)c1cnn2c(C(F)(F)F)cc(-c3cccs3)nc12. The number of hydrogen-bond donors (Lipinski definition) is 1. The van der Waals surface area contributed by atoms with Crippen molar-refractivity contribution in [2.75, 3.05) is 0 Å². The van der Waals surface area contributed by atoms with Crippen molar-refractivity contribution in [2.45, 2.75) is 6.18 Å². The van der Waals surface area contributed by atoms with E-state index in [1.54, 1.807) is 17.5 Å². The number of rotatable bonds is 2. The lowest BCUT2D eigenvalue weighted by Gasteiger charge is -2.10. The molecule has 0 aliphatic carbocycles. The first-order chi connectivity index (χ1) is 9.88. The van der Waals surface area contributed by atoms with Crippen LogP contribution in [0.3, 0.4) is 0 Å². The summed E-state index contributed by atoms with van der Waals surface area (Å²) >= 11 is 1.21. The van der Waals surface area contributed by atoms with Crippen LogP contribution in [0, 0.1) is 0 Å². The van der Waals surface area contributed by atoms with E-state index in [4.69, 9.17) is 5.11 Å². The molecular weight excluding hydrogens is 307 g/mol. The van der Waals surface area contributed by atoms with Crippen LogP contribution in [-0.2, 0) is 6.18 Å². The molecule has 108 valence electrons. The summed E-state index contributed by atoms with van der Waals surface area (Å²) in [6.07, 6.45) is -3.81. The Kier molecular flexibility index (Phi) is 2.94. The number of thiophene rings is 1. The van der Waals surface area contributed by atoms with Crippen molar-refractivity contribution in [3.63, 3.8) is 0 Å². The molecule has 3 aromatic rings. The summed E-state index contributed by atoms with van der Waals surface area (Å²) < 4.78 is 39.9. The molecule has 0 spiro atoms. The summed E-state index contributed by atoms with van der Waals surface area (Å²) in [5.41, 5.74) is -1.71. The summed E-state index contributed by atoms with van der Waals surface area (Å²) in [7, 11) is 0. The fourth-order valence-corrected chi connectivity index (χ4v) is 2.55. The lowest BCUT2D eigenvalue weighted by molar-refractivity contribution is -0.142. The summed E-state index contributed by atoms with van der Waals surface area (Å²) in [6.45, 7) is 0. The standard InChI is InChI=1S/C12H6F3N3O2S/c13-12(14,15)9-4-7(8-2-1-3-21-8)17-10-6(11(19)20)5-16-18(9)10/h1-5H,(H,19,20). The zero-order valence-corrected chi connectivity index (χ0v) is 10.9. The molecule has 0 atom stereocenters. The monoisotopic (exact) mass is 313 g/mol. The first-order valence-electron chi connectivity index (χ1n) is 5.61. The van der Waals surface area contributed by atoms with Gasteiger partial charge in [0, 0.05) is 0 Å². The molecule has 0 bridgehead atoms. The molecule has 21 heavy (non-hydrogen) atoms. The van der Waals surface area contributed by atoms with E-state index in [1.807, 2.05) is 0 Å². The molecule has 0 aromatic carbocycles. The van der Waals surface area contributed by atoms with Gasteiger partial charge in [-0.2, -0.15) is 18.3 Å². The molecule has 3 heterocycles. The Morgan fingerprint density at radius 3 is 2.71 bits per heavy atom. The molecule has 5 nitrogen and oxygen atoms in total. The smallest absolute Gasteiger partial charge is 0.433 e. The summed E-state index contributed by atoms with van der Waals surface area (Å²) in [4.78, 5) is 15.6. The van der Waals surface area contributed by atoms with E-state index in [0.29, 0.717) is 9.39 Å². The van der Waals surface area contributed by atoms with Crippen LogP contribution in [0.15, 0.2) is 29.8 Å². The Morgan fingerprint density at radius 1 is 1.38 bits per heavy atom. The van der Waals surface area contributed by atoms with Gasteiger partial charge in [-0.3, -0.25) is 0 Å². The molecule has 0 saturated heterocycles. The first-order valence-corrected chi connectivity index (χ1v) is 6.49. The third-order valence-corrected chi connectivity index (χ3v) is 3.66. The van der Waals surface area contributed by atoms with E-state index in [2.05, 4.69) is 10.1 Å². The molecule has 0 saturated carbocycles. The van der Waals surface area contributed by atoms with Crippen molar-refractivity contribution in [1.82, 2.24) is 14.6 Å². The highest BCUT2D eigenvalue weighted by atomic mass is 32.1. The quantitative estimate of drug-likeness (QED) is 0.789. The minimum atomic E-state index is -4.67. The lowest BCUT2D eigenvalue weighted by Crippen LogP contribution is -2.14. The second-order valence-electron chi connectivity index (χ2n) is 4.10. The number of carboxylic acids is 1. The van der Waals surface area contributed by atoms with Crippen LogP contribution in [0.4, 0.5) is 13.2 Å². The van der Waals surface area contributed by atoms with Gasteiger partial charge in [-0.05, 0) is 17.5 Å². The highest BCUT2D eigenvalue weighted by Crippen LogP contribution is 2.33. The first kappa shape index (κ1) is 13.6. The normalized spacial score (nSPS) is 12.0. The number of carbonyl (C=O) groups is 1. The second-order valence-corrected chi connectivity index (χ2v) is 5.05. The van der Waals surface area contributed by atoms with Crippen LogP contribution >= 0.6 is 11.3 Å². The number of hydrogen-bond acceptors (Lipinski definition) is 4. The molecule has 0 amide bonds. The fourth-order valence-electron chi connectivity index (χ4n) is 1.87. The predicted molar refractivity (Wildman–Crippen MR) is 68.3 cm³/mol. The summed E-state index contributed by atoms with van der Waals surface area (Å²) in [5.74, 6) is -1.38. The molecule has 0 aliphatic rings. The van der Waals surface area contributed by atoms with Crippen LogP contribution in [0.1, 0.15) is 16.1 Å². The molecular formula is C12H6F3N3O2S. The van der Waals surface area contributed by atoms with Gasteiger partial charge >= 0.3 is 12.1 Å². The van der Waals surface area contributed by atoms with E-state index in [-0.39, 0.29) is 16.9 Å². The fraction of sp³-hybridized carbons (Fsp3) is 0.0833. The Labute approximate surface area is 119 Å². The predicted octanol–water partition coefficient (Wildman–Crippen LogP) is 3.17. The molecule has 0 unspecified atom stereocenters. The van der Waals surface area contributed by atoms with Crippen molar-refractivity contribution in [2.24, 2.45) is 0 Å². The Hall–Kier alpha value is -2.42. The van der Waals surface area contributed by atoms with E-state index in [0.717, 1.165) is 12.3 Å². The summed E-state index contributed by atoms with van der Waals surface area (Å²) in [5, 5.41) is 14.2. The molecule has 1 N–H and O–H groups in total. The van der Waals surface area contributed by atoms with Crippen molar-refractivity contribution in [3.8, 4) is 10.6 Å². The van der Waals surface area contributed by atoms with Gasteiger partial charge in [0.25, 0.3) is 0 Å². The van der Waals surface area contributed by atoms with Gasteiger partial charge in [-0.1, -0.05) is 6.07 Å². The van der Waals surface area contributed by atoms with Gasteiger partial charge in [0.15, 0.2) is 11.3 Å². The number of alkyl halides is 3. The Balaban J connectivity index is 2.37. The van der Waals surface area contributed by atoms with E-state index in [9.17, 15) is 18.0 Å². The van der Waals surface area contributed by atoms with Gasteiger partial charge in [0.1, 0.15) is 5.56 Å². The number of aromatic carboxylic acids is 1. The van der Waals surface area contributed by atoms with Crippen LogP contribution in [-0.4, -0.2) is 25.7 Å². The maximum Gasteiger partial charge on any atom is 0.433 e. The highest BCUT2D eigenvalue weighted by Gasteiger charge is 2.36. The van der Waals surface area contributed by atoms with Crippen LogP contribution in [0.25, 0.3) is 16.2 Å². The summed E-state index contributed by atoms with van der Waals surface area (Å²) in [6, 6.07) is 4.14. The molecule has 3 aromatic heterocycles. The molecule has 0 aliphatic heterocycles. The number of fused-ring (bicyclic) bond motifs is 1. The maximum absolute atomic E-state index is 13.1. The maximum atomic E-state index is 13.1. The lowest BCUT2D eigenvalue weighted by atomic mass is 10.2. The van der Waals surface area contributed by atoms with Crippen molar-refractivity contribution >= 4 is 23.0 Å². The topological polar surface area (TPSA) is 67.5 Å². The van der Waals surface area contributed by atoms with E-state index >= 15 is 0 Å².